The molecule has 11 unspecified atom stereocenters. The first-order chi connectivity index (χ1) is 37.1. The van der Waals surface area contributed by atoms with Gasteiger partial charge in [-0.1, -0.05) is 174 Å². The molecule has 0 radical (unpaired) electrons. The molecule has 5 aliphatic heterocycles. The molecule has 5 aliphatic rings. The topological polar surface area (TPSA) is 151 Å². The minimum Gasteiger partial charge on any atom is -0.388 e. The summed E-state index contributed by atoms with van der Waals surface area (Å²) in [6.07, 6.45) is -9.28. The fourth-order valence-corrected chi connectivity index (χ4v) is 12.3. The van der Waals surface area contributed by atoms with Gasteiger partial charge in [0.15, 0.2) is 31.5 Å². The fraction of sp³-hybridized carbons (Fsp3) is 0.714. The van der Waals surface area contributed by atoms with Crippen LogP contribution in [0.15, 0.2) is 91.0 Å². The van der Waals surface area contributed by atoms with E-state index in [0.717, 1.165) is 36.0 Å². The summed E-state index contributed by atoms with van der Waals surface area (Å²) in [6, 6.07) is 30.0. The van der Waals surface area contributed by atoms with Gasteiger partial charge in [-0.2, -0.15) is 0 Å². The van der Waals surface area contributed by atoms with Gasteiger partial charge in [-0.3, -0.25) is 0 Å². The predicted molar refractivity (Wildman–Crippen MR) is 292 cm³/mol. The van der Waals surface area contributed by atoms with Gasteiger partial charge in [0.1, 0.15) is 42.7 Å². The summed E-state index contributed by atoms with van der Waals surface area (Å²) in [7, 11) is 0. The standard InChI is InChI=1S/C63H94O14/c1-13-48-37(5)36(4)43(11)60(70-48)76-56-41(9)39(7)50(15-3)72-62(56)77-57-54(65)51(35-69-61-53(64)40(8)38(6)49(14-2)71-61)73-63(58(57)67-32-46-27-21-17-22-28-46)75-55-42(10)44(12)59(68-33-47-29-23-18-24-30-47)74-52(55)34-66-31-45-25-19-16-20-26-45/h16-30,36-44,48-65H,13-15,31-35H2,1-12H3/t36-,37?,38-,39+,40-,41+,42+,43?,44?,48?,49?,50?,51?,52?,53?,54+,55-,56?,57-,58?,59+,60-,61-,62-,63-/m0/s1. The number of benzene rings is 3. The lowest BCUT2D eigenvalue weighted by Crippen LogP contribution is -2.65. The molecule has 5 fully saturated rings. The molecule has 77 heavy (non-hydrogen) atoms. The highest BCUT2D eigenvalue weighted by Gasteiger charge is 2.55. The molecular formula is C63H94O14. The number of rotatable bonds is 22. The summed E-state index contributed by atoms with van der Waals surface area (Å²) >= 11 is 0. The van der Waals surface area contributed by atoms with Crippen molar-refractivity contribution in [2.75, 3.05) is 13.2 Å². The van der Waals surface area contributed by atoms with Gasteiger partial charge in [-0.25, -0.2) is 0 Å². The van der Waals surface area contributed by atoms with Crippen molar-refractivity contribution in [1.82, 2.24) is 0 Å². The maximum atomic E-state index is 13.0. The van der Waals surface area contributed by atoms with Gasteiger partial charge < -0.3 is 67.1 Å². The van der Waals surface area contributed by atoms with Crippen molar-refractivity contribution >= 4 is 0 Å². The van der Waals surface area contributed by atoms with Crippen molar-refractivity contribution in [1.29, 1.82) is 0 Å². The summed E-state index contributed by atoms with van der Waals surface area (Å²) in [5, 5.41) is 24.5. The van der Waals surface area contributed by atoms with E-state index in [0.29, 0.717) is 25.0 Å². The Kier molecular flexibility index (Phi) is 22.0. The van der Waals surface area contributed by atoms with E-state index in [1.165, 1.54) is 0 Å². The van der Waals surface area contributed by atoms with E-state index >= 15 is 0 Å². The van der Waals surface area contributed by atoms with Crippen molar-refractivity contribution in [3.63, 3.8) is 0 Å². The van der Waals surface area contributed by atoms with E-state index in [4.69, 9.17) is 56.8 Å². The fourth-order valence-electron chi connectivity index (χ4n) is 12.3. The van der Waals surface area contributed by atoms with E-state index in [1.807, 2.05) is 97.9 Å². The number of hydrogen-bond acceptors (Lipinski definition) is 14. The molecule has 3 aromatic carbocycles. The normalized spacial score (nSPS) is 41.8. The molecule has 14 heteroatoms. The zero-order valence-electron chi connectivity index (χ0n) is 48.0. The van der Waals surface area contributed by atoms with Crippen LogP contribution in [0.4, 0.5) is 0 Å². The van der Waals surface area contributed by atoms with Crippen LogP contribution in [0.5, 0.6) is 0 Å². The van der Waals surface area contributed by atoms with Gasteiger partial charge >= 0.3 is 0 Å². The number of aliphatic hydroxyl groups is 2. The Bertz CT molecular complexity index is 2150. The molecule has 5 heterocycles. The third-order valence-electron chi connectivity index (χ3n) is 18.5. The first-order valence-corrected chi connectivity index (χ1v) is 29.3. The highest BCUT2D eigenvalue weighted by molar-refractivity contribution is 5.15. The van der Waals surface area contributed by atoms with Crippen LogP contribution in [-0.2, 0) is 76.7 Å². The van der Waals surface area contributed by atoms with Crippen molar-refractivity contribution in [3.8, 4) is 0 Å². The van der Waals surface area contributed by atoms with Crippen LogP contribution in [0.1, 0.15) is 119 Å². The molecule has 0 bridgehead atoms. The molecule has 0 amide bonds. The minimum atomic E-state index is -1.34. The Labute approximate surface area is 460 Å². The SMILES string of the molecule is CCC1O[C@@H](OC2[C@H](O[C@@H]3C(OCc4ccccc4)[C@H](O[C@@H]4C(COCc5ccccc5)O[C@@H](OCc5ccccc5)C(C)[C@H]4C)OC(CO[C@H]4OC(CC)[C@@H](C)[C@H](C)C4O)[C@H]3O)OC(CC)[C@H](C)[C@H]2C)C(C)[C@@H](C)C1C. The molecule has 25 atom stereocenters. The molecule has 0 aromatic heterocycles. The average Bonchev–Trinajstić information content (AvgIpc) is 3.47. The summed E-state index contributed by atoms with van der Waals surface area (Å²) in [5.41, 5.74) is 2.98. The van der Waals surface area contributed by atoms with Crippen molar-refractivity contribution in [3.05, 3.63) is 108 Å². The monoisotopic (exact) mass is 1070 g/mol. The van der Waals surface area contributed by atoms with Crippen LogP contribution in [-0.4, -0.2) is 122 Å². The van der Waals surface area contributed by atoms with E-state index in [1.54, 1.807) is 0 Å². The third kappa shape index (κ3) is 14.4. The smallest absolute Gasteiger partial charge is 0.187 e. The second kappa shape index (κ2) is 28.2. The average molecular weight is 1080 g/mol. The number of aliphatic hydroxyl groups excluding tert-OH is 2. The van der Waals surface area contributed by atoms with Crippen LogP contribution in [0.25, 0.3) is 0 Å². The molecule has 14 nitrogen and oxygen atoms in total. The van der Waals surface area contributed by atoms with Gasteiger partial charge in [0.25, 0.3) is 0 Å². The van der Waals surface area contributed by atoms with Gasteiger partial charge in [-0.05, 0) is 77.4 Å². The summed E-state index contributed by atoms with van der Waals surface area (Å²) < 4.78 is 82.6. The molecule has 3 aromatic rings. The molecule has 430 valence electrons. The Morgan fingerprint density at radius 1 is 0.338 bits per heavy atom. The number of ether oxygens (including phenoxy) is 12. The van der Waals surface area contributed by atoms with Crippen LogP contribution in [0, 0.1) is 53.3 Å². The first-order valence-electron chi connectivity index (χ1n) is 29.3. The lowest BCUT2D eigenvalue weighted by molar-refractivity contribution is -0.390. The van der Waals surface area contributed by atoms with Crippen LogP contribution in [0.2, 0.25) is 0 Å². The van der Waals surface area contributed by atoms with E-state index in [2.05, 4.69) is 76.2 Å². The quantitative estimate of drug-likeness (QED) is 0.0982. The molecule has 0 saturated carbocycles. The van der Waals surface area contributed by atoms with E-state index in [-0.39, 0.29) is 79.6 Å². The summed E-state index contributed by atoms with van der Waals surface area (Å²) in [4.78, 5) is 0. The second-order valence-corrected chi connectivity index (χ2v) is 23.3. The van der Waals surface area contributed by atoms with Gasteiger partial charge in [-0.15, -0.1) is 0 Å². The summed E-state index contributed by atoms with van der Waals surface area (Å²) in [6.45, 7) is 26.8. The van der Waals surface area contributed by atoms with E-state index < -0.39 is 80.3 Å². The highest BCUT2D eigenvalue weighted by atomic mass is 16.8. The predicted octanol–water partition coefficient (Wildman–Crippen LogP) is 10.5. The van der Waals surface area contributed by atoms with Gasteiger partial charge in [0.05, 0.1) is 57.5 Å². The molecular weight excluding hydrogens is 981 g/mol. The van der Waals surface area contributed by atoms with Crippen LogP contribution >= 0.6 is 0 Å². The zero-order valence-corrected chi connectivity index (χ0v) is 48.0. The largest absolute Gasteiger partial charge is 0.388 e. The van der Waals surface area contributed by atoms with E-state index in [9.17, 15) is 10.2 Å². The van der Waals surface area contributed by atoms with Crippen molar-refractivity contribution in [2.24, 2.45) is 53.3 Å². The van der Waals surface area contributed by atoms with Crippen molar-refractivity contribution in [2.45, 2.75) is 221 Å². The zero-order chi connectivity index (χ0) is 54.9. The van der Waals surface area contributed by atoms with Gasteiger partial charge in [0.2, 0.25) is 0 Å². The molecule has 0 spiro atoms. The molecule has 5 saturated heterocycles. The first kappa shape index (κ1) is 60.2. The third-order valence-corrected chi connectivity index (χ3v) is 18.5. The Morgan fingerprint density at radius 2 is 0.766 bits per heavy atom. The Morgan fingerprint density at radius 3 is 1.35 bits per heavy atom. The van der Waals surface area contributed by atoms with Crippen LogP contribution in [0.3, 0.4) is 0 Å². The minimum absolute atomic E-state index is 0.0210. The van der Waals surface area contributed by atoms with Crippen LogP contribution < -0.4 is 0 Å². The molecule has 0 aliphatic carbocycles. The molecule has 2 N–H and O–H groups in total. The summed E-state index contributed by atoms with van der Waals surface area (Å²) in [5.74, 6) is 0.643. The molecule has 8 rings (SSSR count). The maximum absolute atomic E-state index is 13.0. The van der Waals surface area contributed by atoms with Gasteiger partial charge in [0, 0.05) is 11.8 Å². The maximum Gasteiger partial charge on any atom is 0.187 e. The highest BCUT2D eigenvalue weighted by Crippen LogP contribution is 2.44. The van der Waals surface area contributed by atoms with Crippen molar-refractivity contribution < 1.29 is 67.1 Å². The Hall–Kier alpha value is -2.90. The second-order valence-electron chi connectivity index (χ2n) is 23.3. The number of hydrogen-bond donors (Lipinski definition) is 2. The lowest BCUT2D eigenvalue weighted by Gasteiger charge is -2.52. The Balaban J connectivity index is 1.15. The lowest BCUT2D eigenvalue weighted by atomic mass is 9.78.